The first kappa shape index (κ1) is 15.9. The van der Waals surface area contributed by atoms with E-state index in [1.807, 2.05) is 37.3 Å². The molecule has 0 fully saturated rings. The Hall–Kier alpha value is -1.45. The van der Waals surface area contributed by atoms with Gasteiger partial charge in [0.2, 0.25) is 0 Å². The van der Waals surface area contributed by atoms with E-state index in [9.17, 15) is 9.90 Å². The topological polar surface area (TPSA) is 40.5 Å². The molecular weight excluding hydrogens is 262 g/mol. The Kier molecular flexibility index (Phi) is 5.71. The Morgan fingerprint density at radius 2 is 2.10 bits per heavy atom. The Labute approximate surface area is 127 Å². The second kappa shape index (κ2) is 7.53. The van der Waals surface area contributed by atoms with Crippen molar-refractivity contribution in [2.75, 3.05) is 7.05 Å². The Balaban J connectivity index is 1.98. The number of Topliss-reactive ketones (excluding diaryl/α,β-unsaturated/α-hetero) is 1. The summed E-state index contributed by atoms with van der Waals surface area (Å²) in [6.45, 7) is 1.99. The maximum absolute atomic E-state index is 12.3. The van der Waals surface area contributed by atoms with E-state index in [-0.39, 0.29) is 24.0 Å². The molecule has 1 aromatic carbocycles. The number of hydrogen-bond donors (Lipinski definition) is 1. The standard InChI is InChI=1S/C18H25NO2/c1-3-17(20)12-15-10-7-11-16(19(15)2)13-18(21)14-8-5-4-6-9-14/h4-10,15-17,20H,3,11-13H2,1-2H3/t15-,16+,17-/m0/s1. The number of aliphatic hydroxyl groups is 1. The highest BCUT2D eigenvalue weighted by Gasteiger charge is 2.27. The van der Waals surface area contributed by atoms with E-state index in [1.165, 1.54) is 0 Å². The van der Waals surface area contributed by atoms with Gasteiger partial charge in [-0.05, 0) is 26.3 Å². The number of carbonyl (C=O) groups is 1. The predicted octanol–water partition coefficient (Wildman–Crippen LogP) is 3.05. The van der Waals surface area contributed by atoms with Gasteiger partial charge in [0.15, 0.2) is 5.78 Å². The first-order chi connectivity index (χ1) is 10.1. The van der Waals surface area contributed by atoms with Crippen LogP contribution in [0.4, 0.5) is 0 Å². The van der Waals surface area contributed by atoms with Crippen molar-refractivity contribution in [2.24, 2.45) is 0 Å². The minimum absolute atomic E-state index is 0.192. The number of ketones is 1. The summed E-state index contributed by atoms with van der Waals surface area (Å²) in [4.78, 5) is 14.6. The Morgan fingerprint density at radius 1 is 1.38 bits per heavy atom. The quantitative estimate of drug-likeness (QED) is 0.646. The van der Waals surface area contributed by atoms with Crippen LogP contribution in [-0.4, -0.2) is 41.0 Å². The maximum atomic E-state index is 12.3. The second-order valence-electron chi connectivity index (χ2n) is 5.84. The van der Waals surface area contributed by atoms with Crippen LogP contribution in [0.25, 0.3) is 0 Å². The molecule has 3 atom stereocenters. The summed E-state index contributed by atoms with van der Waals surface area (Å²) < 4.78 is 0. The third kappa shape index (κ3) is 4.26. The molecule has 0 spiro atoms. The van der Waals surface area contributed by atoms with Crippen molar-refractivity contribution in [3.05, 3.63) is 48.0 Å². The van der Waals surface area contributed by atoms with Crippen molar-refractivity contribution in [1.29, 1.82) is 0 Å². The summed E-state index contributed by atoms with van der Waals surface area (Å²) in [6.07, 6.45) is 6.96. The van der Waals surface area contributed by atoms with Gasteiger partial charge in [-0.1, -0.05) is 49.4 Å². The van der Waals surface area contributed by atoms with Crippen molar-refractivity contribution in [1.82, 2.24) is 4.90 Å². The number of carbonyl (C=O) groups excluding carboxylic acids is 1. The summed E-state index contributed by atoms with van der Waals surface area (Å²) in [5, 5.41) is 9.85. The molecule has 0 saturated carbocycles. The van der Waals surface area contributed by atoms with Gasteiger partial charge in [0.1, 0.15) is 0 Å². The molecule has 1 N–H and O–H groups in total. The Morgan fingerprint density at radius 3 is 2.76 bits per heavy atom. The molecule has 114 valence electrons. The molecule has 2 rings (SSSR count). The third-order valence-corrected chi connectivity index (χ3v) is 4.37. The first-order valence-corrected chi connectivity index (χ1v) is 7.76. The lowest BCUT2D eigenvalue weighted by Crippen LogP contribution is -2.44. The molecule has 0 aliphatic carbocycles. The molecule has 0 aromatic heterocycles. The highest BCUT2D eigenvalue weighted by atomic mass is 16.3. The zero-order valence-electron chi connectivity index (χ0n) is 12.9. The fraction of sp³-hybridized carbons (Fsp3) is 0.500. The molecule has 1 aliphatic rings. The number of aliphatic hydroxyl groups excluding tert-OH is 1. The van der Waals surface area contributed by atoms with Gasteiger partial charge < -0.3 is 5.11 Å². The monoisotopic (exact) mass is 287 g/mol. The zero-order valence-corrected chi connectivity index (χ0v) is 12.9. The highest BCUT2D eigenvalue weighted by molar-refractivity contribution is 5.96. The minimum atomic E-state index is -0.273. The van der Waals surface area contributed by atoms with E-state index in [0.29, 0.717) is 6.42 Å². The van der Waals surface area contributed by atoms with Crippen LogP contribution in [-0.2, 0) is 0 Å². The number of rotatable bonds is 6. The largest absolute Gasteiger partial charge is 0.393 e. The van der Waals surface area contributed by atoms with Crippen LogP contribution in [0.1, 0.15) is 43.0 Å². The van der Waals surface area contributed by atoms with Gasteiger partial charge in [-0.15, -0.1) is 0 Å². The molecule has 3 nitrogen and oxygen atoms in total. The molecule has 0 amide bonds. The van der Waals surface area contributed by atoms with Crippen LogP contribution in [0, 0.1) is 0 Å². The molecule has 1 aliphatic heterocycles. The molecule has 21 heavy (non-hydrogen) atoms. The van der Waals surface area contributed by atoms with Gasteiger partial charge >= 0.3 is 0 Å². The molecule has 0 unspecified atom stereocenters. The van der Waals surface area contributed by atoms with E-state index in [2.05, 4.69) is 24.1 Å². The molecular formula is C18H25NO2. The smallest absolute Gasteiger partial charge is 0.164 e. The van der Waals surface area contributed by atoms with Crippen LogP contribution in [0.2, 0.25) is 0 Å². The van der Waals surface area contributed by atoms with Crippen molar-refractivity contribution in [3.63, 3.8) is 0 Å². The van der Waals surface area contributed by atoms with Crippen molar-refractivity contribution in [2.45, 2.75) is 50.8 Å². The fourth-order valence-electron chi connectivity index (χ4n) is 2.84. The van der Waals surface area contributed by atoms with Crippen molar-refractivity contribution >= 4 is 5.78 Å². The minimum Gasteiger partial charge on any atom is -0.393 e. The van der Waals surface area contributed by atoms with E-state index in [0.717, 1.165) is 24.8 Å². The molecule has 1 aromatic rings. The lowest BCUT2D eigenvalue weighted by molar-refractivity contribution is 0.0837. The van der Waals surface area contributed by atoms with E-state index >= 15 is 0 Å². The van der Waals surface area contributed by atoms with E-state index < -0.39 is 0 Å². The normalized spacial score (nSPS) is 24.0. The van der Waals surface area contributed by atoms with E-state index in [1.54, 1.807) is 0 Å². The van der Waals surface area contributed by atoms with Crippen molar-refractivity contribution < 1.29 is 9.90 Å². The maximum Gasteiger partial charge on any atom is 0.164 e. The fourth-order valence-corrected chi connectivity index (χ4v) is 2.84. The third-order valence-electron chi connectivity index (χ3n) is 4.37. The first-order valence-electron chi connectivity index (χ1n) is 7.76. The summed E-state index contributed by atoms with van der Waals surface area (Å²) in [6, 6.07) is 9.92. The van der Waals surface area contributed by atoms with Crippen LogP contribution in [0.15, 0.2) is 42.5 Å². The van der Waals surface area contributed by atoms with Gasteiger partial charge in [-0.3, -0.25) is 9.69 Å². The zero-order chi connectivity index (χ0) is 15.2. The summed E-state index contributed by atoms with van der Waals surface area (Å²) in [5.74, 6) is 0.192. The average molecular weight is 287 g/mol. The summed E-state index contributed by atoms with van der Waals surface area (Å²) >= 11 is 0. The predicted molar refractivity (Wildman–Crippen MR) is 85.4 cm³/mol. The van der Waals surface area contributed by atoms with Crippen LogP contribution >= 0.6 is 0 Å². The molecule has 0 saturated heterocycles. The van der Waals surface area contributed by atoms with Gasteiger partial charge in [-0.2, -0.15) is 0 Å². The highest BCUT2D eigenvalue weighted by Crippen LogP contribution is 2.23. The van der Waals surface area contributed by atoms with Gasteiger partial charge in [0, 0.05) is 24.1 Å². The molecule has 3 heteroatoms. The Bertz CT molecular complexity index is 483. The molecule has 0 bridgehead atoms. The lowest BCUT2D eigenvalue weighted by Gasteiger charge is -2.37. The van der Waals surface area contributed by atoms with Gasteiger partial charge in [-0.25, -0.2) is 0 Å². The van der Waals surface area contributed by atoms with Crippen LogP contribution in [0.3, 0.4) is 0 Å². The van der Waals surface area contributed by atoms with E-state index in [4.69, 9.17) is 0 Å². The number of nitrogens with zero attached hydrogens (tertiary/aromatic N) is 1. The lowest BCUT2D eigenvalue weighted by atomic mass is 9.93. The van der Waals surface area contributed by atoms with Crippen molar-refractivity contribution in [3.8, 4) is 0 Å². The SMILES string of the molecule is CC[C@H](O)C[C@@H]1C=CC[C@H](CC(=O)c2ccccc2)N1C. The van der Waals surface area contributed by atoms with Crippen LogP contribution < -0.4 is 0 Å². The molecule has 1 heterocycles. The van der Waals surface area contributed by atoms with Crippen LogP contribution in [0.5, 0.6) is 0 Å². The average Bonchev–Trinajstić information content (AvgIpc) is 2.52. The molecule has 0 radical (unpaired) electrons. The summed E-state index contributed by atoms with van der Waals surface area (Å²) in [7, 11) is 2.06. The number of likely N-dealkylation sites (N-methyl/N-ethyl adjacent to an activating group) is 1. The number of hydrogen-bond acceptors (Lipinski definition) is 3. The second-order valence-corrected chi connectivity index (χ2v) is 5.84. The number of benzene rings is 1. The van der Waals surface area contributed by atoms with Gasteiger partial charge in [0.25, 0.3) is 0 Å². The summed E-state index contributed by atoms with van der Waals surface area (Å²) in [5.41, 5.74) is 0.783. The van der Waals surface area contributed by atoms with Gasteiger partial charge in [0.05, 0.1) is 6.10 Å².